The zero-order valence-electron chi connectivity index (χ0n) is 13.4. The van der Waals surface area contributed by atoms with Crippen LogP contribution >= 0.6 is 0 Å². The largest absolute Gasteiger partial charge is 0.361 e. The van der Waals surface area contributed by atoms with Crippen molar-refractivity contribution in [2.24, 2.45) is 5.92 Å². The van der Waals surface area contributed by atoms with Gasteiger partial charge in [0.25, 0.3) is 11.5 Å². The average molecular weight is 316 g/mol. The first-order chi connectivity index (χ1) is 11.0. The molecule has 7 heteroatoms. The van der Waals surface area contributed by atoms with Crippen molar-refractivity contribution in [3.63, 3.8) is 0 Å². The summed E-state index contributed by atoms with van der Waals surface area (Å²) >= 11 is 0. The lowest BCUT2D eigenvalue weighted by atomic mass is 9.96. The summed E-state index contributed by atoms with van der Waals surface area (Å²) in [7, 11) is 0. The van der Waals surface area contributed by atoms with Gasteiger partial charge in [-0.2, -0.15) is 0 Å². The molecule has 0 aliphatic carbocycles. The zero-order chi connectivity index (χ0) is 16.4. The van der Waals surface area contributed by atoms with Crippen LogP contribution in [0, 0.1) is 19.8 Å². The molecule has 0 radical (unpaired) electrons. The minimum absolute atomic E-state index is 0.0107. The Morgan fingerprint density at radius 2 is 2.09 bits per heavy atom. The molecule has 1 aliphatic heterocycles. The number of rotatable bonds is 3. The molecule has 23 heavy (non-hydrogen) atoms. The first-order valence-corrected chi connectivity index (χ1v) is 7.78. The van der Waals surface area contributed by atoms with Crippen molar-refractivity contribution < 1.29 is 9.32 Å². The number of carbonyl (C=O) groups excluding carboxylic acids is 1. The van der Waals surface area contributed by atoms with E-state index in [9.17, 15) is 9.59 Å². The summed E-state index contributed by atoms with van der Waals surface area (Å²) in [5.41, 5.74) is 1.03. The van der Waals surface area contributed by atoms with E-state index in [1.807, 2.05) is 0 Å². The van der Waals surface area contributed by atoms with Crippen LogP contribution in [0.2, 0.25) is 0 Å². The third-order valence-electron chi connectivity index (χ3n) is 4.28. The molecule has 1 aliphatic rings. The van der Waals surface area contributed by atoms with Crippen LogP contribution < -0.4 is 5.56 Å². The molecular weight excluding hydrogens is 296 g/mol. The Kier molecular flexibility index (Phi) is 4.27. The van der Waals surface area contributed by atoms with E-state index in [2.05, 4.69) is 10.1 Å². The van der Waals surface area contributed by atoms with E-state index in [1.165, 1.54) is 0 Å². The second kappa shape index (κ2) is 6.36. The topological polar surface area (TPSA) is 81.2 Å². The van der Waals surface area contributed by atoms with E-state index in [-0.39, 0.29) is 11.5 Å². The van der Waals surface area contributed by atoms with Gasteiger partial charge in [-0.15, -0.1) is 0 Å². The zero-order valence-corrected chi connectivity index (χ0v) is 13.4. The van der Waals surface area contributed by atoms with Gasteiger partial charge in [-0.05, 0) is 32.6 Å². The van der Waals surface area contributed by atoms with Crippen LogP contribution in [0.4, 0.5) is 0 Å². The van der Waals surface area contributed by atoms with E-state index in [1.54, 1.807) is 41.9 Å². The summed E-state index contributed by atoms with van der Waals surface area (Å²) < 4.78 is 6.62. The van der Waals surface area contributed by atoms with Crippen molar-refractivity contribution >= 4 is 5.91 Å². The predicted molar refractivity (Wildman–Crippen MR) is 83.1 cm³/mol. The molecule has 3 heterocycles. The maximum atomic E-state index is 12.3. The van der Waals surface area contributed by atoms with Crippen LogP contribution in [-0.2, 0) is 6.54 Å². The molecule has 122 valence electrons. The van der Waals surface area contributed by atoms with Gasteiger partial charge in [0.15, 0.2) is 5.69 Å². The Morgan fingerprint density at radius 1 is 1.35 bits per heavy atom. The fourth-order valence-corrected chi connectivity index (χ4v) is 2.92. The molecule has 0 bridgehead atoms. The van der Waals surface area contributed by atoms with Gasteiger partial charge < -0.3 is 9.42 Å². The molecule has 1 fully saturated rings. The molecule has 2 aromatic rings. The van der Waals surface area contributed by atoms with Crippen LogP contribution in [0.3, 0.4) is 0 Å². The van der Waals surface area contributed by atoms with E-state index < -0.39 is 0 Å². The number of amides is 1. The summed E-state index contributed by atoms with van der Waals surface area (Å²) in [5, 5.41) is 3.78. The normalized spacial score (nSPS) is 15.8. The van der Waals surface area contributed by atoms with E-state index >= 15 is 0 Å². The SMILES string of the molecule is Cc1cc(C(=O)N2CCC(Cn3cncc(C)c3=O)CC2)no1. The number of carbonyl (C=O) groups is 1. The average Bonchev–Trinajstić information content (AvgIpc) is 2.98. The quantitative estimate of drug-likeness (QED) is 0.855. The summed E-state index contributed by atoms with van der Waals surface area (Å²) in [4.78, 5) is 30.2. The second-order valence-electron chi connectivity index (χ2n) is 6.09. The van der Waals surface area contributed by atoms with Crippen LogP contribution in [0.25, 0.3) is 0 Å². The Morgan fingerprint density at radius 3 is 2.74 bits per heavy atom. The monoisotopic (exact) mass is 316 g/mol. The Hall–Kier alpha value is -2.44. The minimum atomic E-state index is -0.0883. The standard InChI is InChI=1S/C16H20N4O3/c1-11-8-17-10-20(15(11)21)9-13-3-5-19(6-4-13)16(22)14-7-12(2)23-18-14/h7-8,10,13H,3-6,9H2,1-2H3. The molecule has 1 amide bonds. The fourth-order valence-electron chi connectivity index (χ4n) is 2.92. The molecule has 0 aromatic carbocycles. The van der Waals surface area contributed by atoms with E-state index in [4.69, 9.17) is 4.52 Å². The molecule has 0 spiro atoms. The third-order valence-corrected chi connectivity index (χ3v) is 4.28. The minimum Gasteiger partial charge on any atom is -0.361 e. The maximum Gasteiger partial charge on any atom is 0.276 e. The van der Waals surface area contributed by atoms with Crippen molar-refractivity contribution in [3.05, 3.63) is 46.0 Å². The number of nitrogens with zero attached hydrogens (tertiary/aromatic N) is 4. The molecule has 0 atom stereocenters. The lowest BCUT2D eigenvalue weighted by Crippen LogP contribution is -2.40. The first-order valence-electron chi connectivity index (χ1n) is 7.78. The van der Waals surface area contributed by atoms with Crippen molar-refractivity contribution in [2.75, 3.05) is 13.1 Å². The highest BCUT2D eigenvalue weighted by Crippen LogP contribution is 2.20. The van der Waals surface area contributed by atoms with Gasteiger partial charge in [-0.25, -0.2) is 4.98 Å². The molecule has 1 saturated heterocycles. The second-order valence-corrected chi connectivity index (χ2v) is 6.09. The smallest absolute Gasteiger partial charge is 0.276 e. The Balaban J connectivity index is 1.59. The van der Waals surface area contributed by atoms with Crippen LogP contribution in [0.5, 0.6) is 0 Å². The Labute approximate surface area is 133 Å². The van der Waals surface area contributed by atoms with Crippen molar-refractivity contribution in [2.45, 2.75) is 33.2 Å². The molecular formula is C16H20N4O3. The summed E-state index contributed by atoms with van der Waals surface area (Å²) in [6.07, 6.45) is 4.90. The first kappa shape index (κ1) is 15.5. The van der Waals surface area contributed by atoms with Crippen LogP contribution in [-0.4, -0.2) is 38.6 Å². The van der Waals surface area contributed by atoms with Crippen LogP contribution in [0.15, 0.2) is 27.9 Å². The highest BCUT2D eigenvalue weighted by molar-refractivity contribution is 5.92. The van der Waals surface area contributed by atoms with Gasteiger partial charge >= 0.3 is 0 Å². The van der Waals surface area contributed by atoms with Gasteiger partial charge in [0.05, 0.1) is 6.33 Å². The van der Waals surface area contributed by atoms with E-state index in [0.29, 0.717) is 42.6 Å². The van der Waals surface area contributed by atoms with Crippen LogP contribution in [0.1, 0.15) is 34.7 Å². The van der Waals surface area contributed by atoms with Gasteiger partial charge in [0.1, 0.15) is 5.76 Å². The molecule has 0 N–H and O–H groups in total. The lowest BCUT2D eigenvalue weighted by molar-refractivity contribution is 0.0672. The fraction of sp³-hybridized carbons (Fsp3) is 0.500. The number of aryl methyl sites for hydroxylation is 2. The summed E-state index contributed by atoms with van der Waals surface area (Å²) in [6, 6.07) is 1.66. The van der Waals surface area contributed by atoms with Gasteiger partial charge in [-0.1, -0.05) is 5.16 Å². The van der Waals surface area contributed by atoms with Gasteiger partial charge in [0, 0.05) is 37.5 Å². The predicted octanol–water partition coefficient (Wildman–Crippen LogP) is 1.40. The maximum absolute atomic E-state index is 12.3. The molecule has 3 rings (SSSR count). The number of aromatic nitrogens is 3. The highest BCUT2D eigenvalue weighted by atomic mass is 16.5. The number of hydrogen-bond acceptors (Lipinski definition) is 5. The lowest BCUT2D eigenvalue weighted by Gasteiger charge is -2.31. The molecule has 2 aromatic heterocycles. The molecule has 0 saturated carbocycles. The highest BCUT2D eigenvalue weighted by Gasteiger charge is 2.25. The van der Waals surface area contributed by atoms with Gasteiger partial charge in [0.2, 0.25) is 0 Å². The molecule has 0 unspecified atom stereocenters. The van der Waals surface area contributed by atoms with Crippen molar-refractivity contribution in [3.8, 4) is 0 Å². The number of likely N-dealkylation sites (tertiary alicyclic amines) is 1. The molecule has 7 nitrogen and oxygen atoms in total. The van der Waals surface area contributed by atoms with Crippen molar-refractivity contribution in [1.29, 1.82) is 0 Å². The third kappa shape index (κ3) is 3.33. The van der Waals surface area contributed by atoms with E-state index in [0.717, 1.165) is 12.8 Å². The van der Waals surface area contributed by atoms with Gasteiger partial charge in [-0.3, -0.25) is 14.2 Å². The number of hydrogen-bond donors (Lipinski definition) is 0. The van der Waals surface area contributed by atoms with Crippen molar-refractivity contribution in [1.82, 2.24) is 19.6 Å². The number of piperidine rings is 1. The summed E-state index contributed by atoms with van der Waals surface area (Å²) in [6.45, 7) is 5.53. The summed E-state index contributed by atoms with van der Waals surface area (Å²) in [5.74, 6) is 0.920. The Bertz CT molecular complexity index is 757.